The third-order valence-electron chi connectivity index (χ3n) is 3.50. The van der Waals surface area contributed by atoms with E-state index in [4.69, 9.17) is 4.74 Å². The normalized spacial score (nSPS) is 16.1. The van der Waals surface area contributed by atoms with Gasteiger partial charge in [0.05, 0.1) is 5.69 Å². The van der Waals surface area contributed by atoms with Crippen LogP contribution in [0.25, 0.3) is 0 Å². The number of anilines is 1. The summed E-state index contributed by atoms with van der Waals surface area (Å²) in [6.45, 7) is 6.98. The molecule has 1 aliphatic heterocycles. The van der Waals surface area contributed by atoms with Crippen LogP contribution in [0, 0.1) is 5.92 Å². The molecule has 0 radical (unpaired) electrons. The first-order chi connectivity index (χ1) is 10.4. The molecule has 120 valence electrons. The van der Waals surface area contributed by atoms with Gasteiger partial charge >= 0.3 is 6.09 Å². The molecule has 0 aliphatic carbocycles. The number of hydrogen-bond donors (Lipinski definition) is 1. The van der Waals surface area contributed by atoms with Crippen molar-refractivity contribution in [3.63, 3.8) is 0 Å². The Morgan fingerprint density at radius 3 is 2.27 bits per heavy atom. The van der Waals surface area contributed by atoms with Crippen molar-refractivity contribution in [3.05, 3.63) is 30.3 Å². The van der Waals surface area contributed by atoms with Crippen molar-refractivity contribution in [1.82, 2.24) is 5.32 Å². The molecular formula is C17H24N2O3. The second-order valence-corrected chi connectivity index (χ2v) is 6.51. The van der Waals surface area contributed by atoms with Crippen LogP contribution in [0.3, 0.4) is 0 Å². The lowest BCUT2D eigenvalue weighted by atomic mass is 9.96. The van der Waals surface area contributed by atoms with Gasteiger partial charge in [-0.15, -0.1) is 0 Å². The lowest BCUT2D eigenvalue weighted by Crippen LogP contribution is -2.46. The summed E-state index contributed by atoms with van der Waals surface area (Å²) in [4.78, 5) is 26.5. The number of hydrogen-bond acceptors (Lipinski definition) is 4. The van der Waals surface area contributed by atoms with Gasteiger partial charge in [0.1, 0.15) is 5.60 Å². The molecule has 5 heteroatoms. The third kappa shape index (κ3) is 4.31. The number of nitrogens with zero attached hydrogens (tertiary/aromatic N) is 1. The summed E-state index contributed by atoms with van der Waals surface area (Å²) in [5.41, 5.74) is -0.0845. The van der Waals surface area contributed by atoms with Crippen LogP contribution in [0.4, 0.5) is 10.5 Å². The number of piperidine rings is 1. The van der Waals surface area contributed by atoms with Crippen molar-refractivity contribution in [1.29, 1.82) is 0 Å². The van der Waals surface area contributed by atoms with E-state index in [-0.39, 0.29) is 11.8 Å². The standard InChI is InChI=1S/C17H24N2O3/c1-17(2,3)22-16(21)19(14-7-5-4-6-8-14)15(20)13-9-11-18-12-10-13/h4-8,13,18H,9-12H2,1-3H3. The molecule has 0 spiro atoms. The van der Waals surface area contributed by atoms with E-state index in [1.807, 2.05) is 18.2 Å². The van der Waals surface area contributed by atoms with E-state index in [2.05, 4.69) is 5.32 Å². The molecule has 5 nitrogen and oxygen atoms in total. The van der Waals surface area contributed by atoms with Gasteiger partial charge in [0.25, 0.3) is 0 Å². The maximum absolute atomic E-state index is 12.8. The number of carbonyl (C=O) groups excluding carboxylic acids is 2. The highest BCUT2D eigenvalue weighted by atomic mass is 16.6. The lowest BCUT2D eigenvalue weighted by molar-refractivity contribution is -0.122. The number of nitrogens with one attached hydrogen (secondary N) is 1. The maximum Gasteiger partial charge on any atom is 0.421 e. The maximum atomic E-state index is 12.8. The minimum absolute atomic E-state index is 0.144. The second-order valence-electron chi connectivity index (χ2n) is 6.51. The fraction of sp³-hybridized carbons (Fsp3) is 0.529. The first-order valence-corrected chi connectivity index (χ1v) is 7.71. The number of para-hydroxylation sites is 1. The summed E-state index contributed by atoms with van der Waals surface area (Å²) in [6, 6.07) is 8.97. The zero-order valence-electron chi connectivity index (χ0n) is 13.5. The van der Waals surface area contributed by atoms with Crippen molar-refractivity contribution < 1.29 is 14.3 Å². The zero-order valence-corrected chi connectivity index (χ0v) is 13.5. The first-order valence-electron chi connectivity index (χ1n) is 7.71. The molecule has 1 heterocycles. The zero-order chi connectivity index (χ0) is 16.2. The van der Waals surface area contributed by atoms with Crippen LogP contribution in [-0.4, -0.2) is 30.7 Å². The highest BCUT2D eigenvalue weighted by Gasteiger charge is 2.33. The summed E-state index contributed by atoms with van der Waals surface area (Å²) in [7, 11) is 0. The Balaban J connectivity index is 2.25. The van der Waals surface area contributed by atoms with Gasteiger partial charge in [-0.3, -0.25) is 4.79 Å². The van der Waals surface area contributed by atoms with Gasteiger partial charge in [-0.25, -0.2) is 9.69 Å². The van der Waals surface area contributed by atoms with E-state index < -0.39 is 11.7 Å². The Morgan fingerprint density at radius 1 is 1.14 bits per heavy atom. The minimum Gasteiger partial charge on any atom is -0.443 e. The first kappa shape index (κ1) is 16.5. The number of ether oxygens (including phenoxy) is 1. The molecular weight excluding hydrogens is 280 g/mol. The third-order valence-corrected chi connectivity index (χ3v) is 3.50. The molecule has 0 atom stereocenters. The van der Waals surface area contributed by atoms with Gasteiger partial charge in [-0.1, -0.05) is 18.2 Å². The Bertz CT molecular complexity index is 516. The van der Waals surface area contributed by atoms with Crippen molar-refractivity contribution in [2.75, 3.05) is 18.0 Å². The summed E-state index contributed by atoms with van der Waals surface area (Å²) < 4.78 is 5.42. The van der Waals surface area contributed by atoms with Crippen LogP contribution in [0.5, 0.6) is 0 Å². The summed E-state index contributed by atoms with van der Waals surface area (Å²) in [6.07, 6.45) is 0.873. The van der Waals surface area contributed by atoms with Gasteiger partial charge in [0.2, 0.25) is 5.91 Å². The summed E-state index contributed by atoms with van der Waals surface area (Å²) >= 11 is 0. The largest absolute Gasteiger partial charge is 0.443 e. The molecule has 0 saturated carbocycles. The van der Waals surface area contributed by atoms with Crippen LogP contribution in [0.2, 0.25) is 0 Å². The molecule has 22 heavy (non-hydrogen) atoms. The van der Waals surface area contributed by atoms with Gasteiger partial charge in [0.15, 0.2) is 0 Å². The van der Waals surface area contributed by atoms with E-state index in [1.165, 1.54) is 4.90 Å². The van der Waals surface area contributed by atoms with Crippen molar-refractivity contribution >= 4 is 17.7 Å². The van der Waals surface area contributed by atoms with Crippen LogP contribution in [0.1, 0.15) is 33.6 Å². The summed E-state index contributed by atoms with van der Waals surface area (Å²) in [5, 5.41) is 3.23. The van der Waals surface area contributed by atoms with E-state index in [1.54, 1.807) is 32.9 Å². The number of amides is 2. The average Bonchev–Trinajstić information content (AvgIpc) is 2.47. The molecule has 1 saturated heterocycles. The van der Waals surface area contributed by atoms with E-state index in [0.717, 1.165) is 25.9 Å². The van der Waals surface area contributed by atoms with Gasteiger partial charge < -0.3 is 10.1 Å². The van der Waals surface area contributed by atoms with Crippen molar-refractivity contribution in [2.24, 2.45) is 5.92 Å². The molecule has 0 unspecified atom stereocenters. The highest BCUT2D eigenvalue weighted by molar-refractivity contribution is 6.13. The van der Waals surface area contributed by atoms with Crippen LogP contribution in [0.15, 0.2) is 30.3 Å². The number of imide groups is 1. The van der Waals surface area contributed by atoms with Crippen molar-refractivity contribution in [2.45, 2.75) is 39.2 Å². The van der Waals surface area contributed by atoms with Crippen LogP contribution in [-0.2, 0) is 9.53 Å². The molecule has 0 bridgehead atoms. The number of benzene rings is 1. The van der Waals surface area contributed by atoms with Crippen LogP contribution < -0.4 is 10.2 Å². The monoisotopic (exact) mass is 304 g/mol. The molecule has 1 N–H and O–H groups in total. The van der Waals surface area contributed by atoms with Crippen molar-refractivity contribution in [3.8, 4) is 0 Å². The Morgan fingerprint density at radius 2 is 1.73 bits per heavy atom. The molecule has 2 rings (SSSR count). The molecule has 1 aromatic rings. The summed E-state index contributed by atoms with van der Waals surface area (Å²) in [5.74, 6) is -0.323. The quantitative estimate of drug-likeness (QED) is 0.912. The smallest absolute Gasteiger partial charge is 0.421 e. The SMILES string of the molecule is CC(C)(C)OC(=O)N(C(=O)C1CCNCC1)c1ccccc1. The predicted octanol–water partition coefficient (Wildman–Crippen LogP) is 2.95. The molecule has 1 aromatic carbocycles. The molecule has 0 aromatic heterocycles. The fourth-order valence-electron chi connectivity index (χ4n) is 2.46. The van der Waals surface area contributed by atoms with Gasteiger partial charge in [0, 0.05) is 5.92 Å². The minimum atomic E-state index is -0.640. The number of rotatable bonds is 2. The van der Waals surface area contributed by atoms with Gasteiger partial charge in [-0.2, -0.15) is 0 Å². The second kappa shape index (κ2) is 6.92. The topological polar surface area (TPSA) is 58.6 Å². The molecule has 1 fully saturated rings. The molecule has 2 amide bonds. The average molecular weight is 304 g/mol. The van der Waals surface area contributed by atoms with E-state index in [9.17, 15) is 9.59 Å². The Labute approximate surface area is 131 Å². The predicted molar refractivity (Wildman–Crippen MR) is 85.8 cm³/mol. The number of carbonyl (C=O) groups is 2. The van der Waals surface area contributed by atoms with Crippen LogP contribution >= 0.6 is 0 Å². The highest BCUT2D eigenvalue weighted by Crippen LogP contribution is 2.23. The van der Waals surface area contributed by atoms with E-state index >= 15 is 0 Å². The van der Waals surface area contributed by atoms with E-state index in [0.29, 0.717) is 5.69 Å². The Kier molecular flexibility index (Phi) is 5.19. The fourth-order valence-corrected chi connectivity index (χ4v) is 2.46. The lowest BCUT2D eigenvalue weighted by Gasteiger charge is -2.30. The Hall–Kier alpha value is -1.88. The molecule has 1 aliphatic rings. The van der Waals surface area contributed by atoms with Gasteiger partial charge in [-0.05, 0) is 58.8 Å².